The molecule has 2 aliphatic heterocycles. The molecule has 1 nitrogen and oxygen atoms in total. The second kappa shape index (κ2) is 4.69. The third-order valence-electron chi connectivity index (χ3n) is 5.91. The summed E-state index contributed by atoms with van der Waals surface area (Å²) in [6.45, 7) is 4.91. The first-order valence-corrected chi connectivity index (χ1v) is 10.5. The molecule has 3 heteroatoms. The van der Waals surface area contributed by atoms with Crippen LogP contribution in [0.25, 0.3) is 16.6 Å². The van der Waals surface area contributed by atoms with Gasteiger partial charge in [-0.05, 0) is 0 Å². The maximum absolute atomic E-state index is 2.51. The van der Waals surface area contributed by atoms with Crippen molar-refractivity contribution in [3.05, 3.63) is 71.9 Å². The predicted octanol–water partition coefficient (Wildman–Crippen LogP) is 1.05. The van der Waals surface area contributed by atoms with Crippen LogP contribution in [0.5, 0.6) is 0 Å². The fourth-order valence-electron chi connectivity index (χ4n) is 4.69. The van der Waals surface area contributed by atoms with Gasteiger partial charge < -0.3 is 0 Å². The summed E-state index contributed by atoms with van der Waals surface area (Å²) < 4.78 is 5.59. The van der Waals surface area contributed by atoms with Crippen molar-refractivity contribution in [3.8, 4) is 5.69 Å². The predicted molar refractivity (Wildman–Crippen MR) is 109 cm³/mol. The van der Waals surface area contributed by atoms with Crippen LogP contribution in [0.2, 0.25) is 0 Å². The molecule has 3 aromatic carbocycles. The van der Waals surface area contributed by atoms with Crippen molar-refractivity contribution in [1.82, 2.24) is 4.57 Å². The van der Waals surface area contributed by atoms with Crippen LogP contribution in [0, 0.1) is 13.8 Å². The molecule has 0 unspecified atom stereocenters. The first kappa shape index (κ1) is 14.0. The molecular weight excluding hydrogens is 368 g/mol. The average Bonchev–Trinajstić information content (AvgIpc) is 2.91. The number of hydrogen-bond acceptors (Lipinski definition) is 0. The summed E-state index contributed by atoms with van der Waals surface area (Å²) in [5.74, 6) is 0. The fraction of sp³-hybridized carbons (Fsp3) is 0.0909. The minimum absolute atomic E-state index is 0.378. The normalized spacial score (nSPS) is 13.8. The van der Waals surface area contributed by atoms with Crippen molar-refractivity contribution in [2.75, 3.05) is 0 Å². The molecule has 0 N–H and O–H groups in total. The number of aromatic nitrogens is 1. The molecule has 0 aliphatic carbocycles. The summed E-state index contributed by atoms with van der Waals surface area (Å²) in [5, 5.41) is 1.40. The van der Waals surface area contributed by atoms with Crippen LogP contribution in [0.15, 0.2) is 60.7 Å². The number of benzene rings is 3. The first-order chi connectivity index (χ1) is 12.3. The van der Waals surface area contributed by atoms with E-state index in [9.17, 15) is 0 Å². The van der Waals surface area contributed by atoms with Gasteiger partial charge in [0.05, 0.1) is 0 Å². The molecule has 0 fully saturated rings. The standard InChI is InChI=1S/C22H16BNSe/c1-13-14(2)24-18-10-6-12-20-21(18)23(16-8-3-4-11-19(16)25-20)17-9-5-7-15(13)22(17)24/h3-12H,1-2H3. The first-order valence-electron chi connectivity index (χ1n) is 8.76. The van der Waals surface area contributed by atoms with Gasteiger partial charge >= 0.3 is 154 Å². The zero-order chi connectivity index (χ0) is 16.7. The van der Waals surface area contributed by atoms with Crippen LogP contribution in [0.3, 0.4) is 0 Å². The van der Waals surface area contributed by atoms with Crippen LogP contribution in [0.1, 0.15) is 11.3 Å². The van der Waals surface area contributed by atoms with Crippen LogP contribution < -0.4 is 25.3 Å². The summed E-state index contributed by atoms with van der Waals surface area (Å²) in [6.07, 6.45) is 0. The average molecular weight is 384 g/mol. The third kappa shape index (κ3) is 1.61. The molecule has 2 aliphatic rings. The maximum atomic E-state index is 2.51. The van der Waals surface area contributed by atoms with E-state index in [1.807, 2.05) is 0 Å². The van der Waals surface area contributed by atoms with Crippen molar-refractivity contribution in [3.63, 3.8) is 0 Å². The summed E-state index contributed by atoms with van der Waals surface area (Å²) >= 11 is 0.389. The molecule has 25 heavy (non-hydrogen) atoms. The molecule has 4 aromatic rings. The monoisotopic (exact) mass is 385 g/mol. The quantitative estimate of drug-likeness (QED) is 0.345. The second-order valence-electron chi connectivity index (χ2n) is 7.05. The van der Waals surface area contributed by atoms with Crippen molar-refractivity contribution in [2.24, 2.45) is 0 Å². The molecule has 6 rings (SSSR count). The van der Waals surface area contributed by atoms with E-state index in [0.29, 0.717) is 21.7 Å². The van der Waals surface area contributed by atoms with Gasteiger partial charge in [-0.2, -0.15) is 0 Å². The van der Waals surface area contributed by atoms with Crippen LogP contribution in [-0.4, -0.2) is 26.2 Å². The number of nitrogens with zero attached hydrogens (tertiary/aromatic N) is 1. The van der Waals surface area contributed by atoms with Gasteiger partial charge in [-0.25, -0.2) is 0 Å². The Morgan fingerprint density at radius 3 is 2.48 bits per heavy atom. The molecule has 3 heterocycles. The summed E-state index contributed by atoms with van der Waals surface area (Å²) in [7, 11) is 0. The van der Waals surface area contributed by atoms with Crippen molar-refractivity contribution in [2.45, 2.75) is 13.8 Å². The van der Waals surface area contributed by atoms with Gasteiger partial charge in [0.25, 0.3) is 0 Å². The van der Waals surface area contributed by atoms with Gasteiger partial charge in [0.2, 0.25) is 0 Å². The van der Waals surface area contributed by atoms with E-state index in [1.54, 1.807) is 9.92 Å². The second-order valence-corrected chi connectivity index (χ2v) is 9.32. The number of hydrogen-bond donors (Lipinski definition) is 0. The Labute approximate surface area is 153 Å². The summed E-state index contributed by atoms with van der Waals surface area (Å²) in [4.78, 5) is 0. The summed E-state index contributed by atoms with van der Waals surface area (Å²) in [5.41, 5.74) is 10.1. The number of fused-ring (bicyclic) bond motifs is 4. The van der Waals surface area contributed by atoms with Crippen LogP contribution in [-0.2, 0) is 0 Å². The van der Waals surface area contributed by atoms with Gasteiger partial charge in [0.1, 0.15) is 0 Å². The number of para-hydroxylation sites is 1. The van der Waals surface area contributed by atoms with Gasteiger partial charge in [-0.3, -0.25) is 0 Å². The van der Waals surface area contributed by atoms with E-state index in [4.69, 9.17) is 0 Å². The van der Waals surface area contributed by atoms with Crippen molar-refractivity contribution >= 4 is 57.9 Å². The number of aryl methyl sites for hydroxylation is 1. The van der Waals surface area contributed by atoms with Crippen molar-refractivity contribution in [1.29, 1.82) is 0 Å². The molecule has 0 saturated carbocycles. The Kier molecular flexibility index (Phi) is 2.63. The third-order valence-corrected chi connectivity index (χ3v) is 8.36. The topological polar surface area (TPSA) is 4.93 Å². The zero-order valence-corrected chi connectivity index (χ0v) is 15.9. The molecule has 0 bridgehead atoms. The molecule has 118 valence electrons. The molecule has 1 aromatic heterocycles. The molecular formula is C22H16BNSe. The van der Waals surface area contributed by atoms with Crippen LogP contribution in [0.4, 0.5) is 0 Å². The van der Waals surface area contributed by atoms with Crippen LogP contribution >= 0.6 is 0 Å². The summed E-state index contributed by atoms with van der Waals surface area (Å²) in [6, 6.07) is 22.8. The Balaban J connectivity index is 1.86. The SMILES string of the molecule is Cc1c(C)n2c3c(cccc13)B1c3ccccc3[Se]c3cccc-2c31. The van der Waals surface area contributed by atoms with Gasteiger partial charge in [-0.15, -0.1) is 0 Å². The molecule has 0 atom stereocenters. The Morgan fingerprint density at radius 1 is 0.800 bits per heavy atom. The Hall–Kier alpha value is -2.22. The molecule has 0 amide bonds. The minimum atomic E-state index is 0.378. The van der Waals surface area contributed by atoms with E-state index in [0.717, 1.165) is 0 Å². The molecule has 0 radical (unpaired) electrons. The Bertz CT molecular complexity index is 1200. The van der Waals surface area contributed by atoms with E-state index in [1.165, 1.54) is 43.2 Å². The van der Waals surface area contributed by atoms with E-state index >= 15 is 0 Å². The number of rotatable bonds is 0. The van der Waals surface area contributed by atoms with Crippen molar-refractivity contribution < 1.29 is 0 Å². The van der Waals surface area contributed by atoms with Gasteiger partial charge in [-0.1, -0.05) is 0 Å². The van der Waals surface area contributed by atoms with E-state index in [2.05, 4.69) is 79.1 Å². The molecule has 0 spiro atoms. The van der Waals surface area contributed by atoms with Gasteiger partial charge in [0.15, 0.2) is 0 Å². The van der Waals surface area contributed by atoms with E-state index < -0.39 is 0 Å². The molecule has 0 saturated heterocycles. The fourth-order valence-corrected chi connectivity index (χ4v) is 7.14. The van der Waals surface area contributed by atoms with Gasteiger partial charge in [0, 0.05) is 0 Å². The zero-order valence-electron chi connectivity index (χ0n) is 14.2. The Morgan fingerprint density at radius 2 is 1.56 bits per heavy atom. The van der Waals surface area contributed by atoms with E-state index in [-0.39, 0.29) is 0 Å².